The molecule has 0 saturated carbocycles. The predicted molar refractivity (Wildman–Crippen MR) is 77.9 cm³/mol. The lowest BCUT2D eigenvalue weighted by molar-refractivity contribution is 0.631. The maximum Gasteiger partial charge on any atom is 0.169 e. The van der Waals surface area contributed by atoms with Crippen LogP contribution in [0, 0.1) is 5.92 Å². The normalized spacial score (nSPS) is 19.2. The van der Waals surface area contributed by atoms with Crippen LogP contribution in [-0.4, -0.2) is 28.0 Å². The summed E-state index contributed by atoms with van der Waals surface area (Å²) in [7, 11) is 0. The summed E-state index contributed by atoms with van der Waals surface area (Å²) in [4.78, 5) is 8.90. The number of nitrogen functional groups attached to an aromatic ring is 1. The molecule has 2 aromatic rings. The van der Waals surface area contributed by atoms with Crippen LogP contribution in [0.15, 0.2) is 24.3 Å². The third kappa shape index (κ3) is 2.36. The minimum absolute atomic E-state index is 0.486. The maximum absolute atomic E-state index is 5.93. The number of aromatic nitrogens is 2. The fourth-order valence-electron chi connectivity index (χ4n) is 2.13. The Morgan fingerprint density at radius 1 is 1.28 bits per heavy atom. The van der Waals surface area contributed by atoms with Crippen LogP contribution in [0.4, 0.5) is 11.6 Å². The third-order valence-electron chi connectivity index (χ3n) is 3.18. The summed E-state index contributed by atoms with van der Waals surface area (Å²) in [5.74, 6) is 4.42. The Morgan fingerprint density at radius 3 is 2.78 bits per heavy atom. The van der Waals surface area contributed by atoms with Gasteiger partial charge in [0, 0.05) is 6.54 Å². The summed E-state index contributed by atoms with van der Waals surface area (Å²) in [5.41, 5.74) is 7.66. The summed E-state index contributed by atoms with van der Waals surface area (Å²) in [6, 6.07) is 7.79. The average molecular weight is 260 g/mol. The van der Waals surface area contributed by atoms with Crippen LogP contribution in [0.3, 0.4) is 0 Å². The smallest absolute Gasteiger partial charge is 0.169 e. The van der Waals surface area contributed by atoms with Gasteiger partial charge in [-0.05, 0) is 36.0 Å². The molecule has 1 unspecified atom stereocenters. The molecule has 0 amide bonds. The van der Waals surface area contributed by atoms with Crippen molar-refractivity contribution in [1.29, 1.82) is 0 Å². The molecule has 1 aromatic carbocycles. The van der Waals surface area contributed by atoms with Crippen LogP contribution in [0.5, 0.6) is 0 Å². The first-order valence-electron chi connectivity index (χ1n) is 6.17. The number of nitrogens with two attached hydrogens (primary N) is 1. The highest BCUT2D eigenvalue weighted by Gasteiger charge is 2.16. The van der Waals surface area contributed by atoms with Crippen LogP contribution in [0.25, 0.3) is 11.0 Å². The second-order valence-corrected chi connectivity index (χ2v) is 5.71. The molecule has 1 aliphatic rings. The Morgan fingerprint density at radius 2 is 2.06 bits per heavy atom. The van der Waals surface area contributed by atoms with Gasteiger partial charge in [0.25, 0.3) is 0 Å². The van der Waals surface area contributed by atoms with Crippen molar-refractivity contribution in [2.45, 2.75) is 6.42 Å². The van der Waals surface area contributed by atoms with E-state index in [2.05, 4.69) is 15.3 Å². The van der Waals surface area contributed by atoms with Gasteiger partial charge in [0.15, 0.2) is 11.6 Å². The summed E-state index contributed by atoms with van der Waals surface area (Å²) in [6.45, 7) is 0.935. The highest BCUT2D eigenvalue weighted by atomic mass is 32.2. The fourth-order valence-corrected chi connectivity index (χ4v) is 3.41. The first kappa shape index (κ1) is 11.6. The van der Waals surface area contributed by atoms with Crippen LogP contribution < -0.4 is 11.1 Å². The molecule has 0 aliphatic carbocycles. The van der Waals surface area contributed by atoms with Gasteiger partial charge in [0.2, 0.25) is 0 Å². The minimum atomic E-state index is 0.486. The molecule has 1 aromatic heterocycles. The van der Waals surface area contributed by atoms with Crippen molar-refractivity contribution < 1.29 is 0 Å². The number of thioether (sulfide) groups is 1. The van der Waals surface area contributed by atoms with Crippen LogP contribution >= 0.6 is 11.8 Å². The van der Waals surface area contributed by atoms with E-state index in [1.165, 1.54) is 17.9 Å². The Bertz CT molecular complexity index is 552. The van der Waals surface area contributed by atoms with E-state index in [-0.39, 0.29) is 0 Å². The molecule has 3 rings (SSSR count). The molecule has 1 atom stereocenters. The first-order valence-corrected chi connectivity index (χ1v) is 7.32. The summed E-state index contributed by atoms with van der Waals surface area (Å²) in [6.07, 6.45) is 1.28. The van der Waals surface area contributed by atoms with E-state index in [0.717, 1.165) is 23.5 Å². The molecule has 94 valence electrons. The summed E-state index contributed by atoms with van der Waals surface area (Å²) >= 11 is 2.02. The highest BCUT2D eigenvalue weighted by molar-refractivity contribution is 7.99. The van der Waals surface area contributed by atoms with Gasteiger partial charge in [-0.3, -0.25) is 0 Å². The van der Waals surface area contributed by atoms with Crippen molar-refractivity contribution in [2.75, 3.05) is 29.1 Å². The van der Waals surface area contributed by atoms with Crippen molar-refractivity contribution in [3.63, 3.8) is 0 Å². The Balaban J connectivity index is 1.80. The topological polar surface area (TPSA) is 63.8 Å². The average Bonchev–Trinajstić information content (AvgIpc) is 2.89. The monoisotopic (exact) mass is 260 g/mol. The van der Waals surface area contributed by atoms with E-state index in [1.807, 2.05) is 36.0 Å². The molecular formula is C13H16N4S. The number of para-hydroxylation sites is 2. The number of nitrogens with one attached hydrogen (secondary N) is 1. The van der Waals surface area contributed by atoms with E-state index in [0.29, 0.717) is 11.6 Å². The zero-order valence-corrected chi connectivity index (χ0v) is 10.9. The van der Waals surface area contributed by atoms with Crippen molar-refractivity contribution >= 4 is 34.4 Å². The first-order chi connectivity index (χ1) is 8.83. The number of fused-ring (bicyclic) bond motifs is 1. The second-order valence-electron chi connectivity index (χ2n) is 4.56. The quantitative estimate of drug-likeness (QED) is 0.887. The summed E-state index contributed by atoms with van der Waals surface area (Å²) in [5, 5.41) is 3.34. The Kier molecular flexibility index (Phi) is 3.23. The van der Waals surface area contributed by atoms with Crippen molar-refractivity contribution in [3.05, 3.63) is 24.3 Å². The molecule has 0 bridgehead atoms. The van der Waals surface area contributed by atoms with Crippen LogP contribution in [0.1, 0.15) is 6.42 Å². The largest absolute Gasteiger partial charge is 0.381 e. The number of rotatable bonds is 3. The molecule has 0 radical (unpaired) electrons. The fraction of sp³-hybridized carbons (Fsp3) is 0.385. The molecule has 18 heavy (non-hydrogen) atoms. The zero-order chi connectivity index (χ0) is 12.4. The predicted octanol–water partition coefficient (Wildman–Crippen LogP) is 2.38. The molecule has 5 heteroatoms. The molecule has 3 N–H and O–H groups in total. The lowest BCUT2D eigenvalue weighted by atomic mass is 10.1. The molecule has 0 spiro atoms. The third-order valence-corrected chi connectivity index (χ3v) is 4.41. The van der Waals surface area contributed by atoms with Gasteiger partial charge < -0.3 is 11.1 Å². The zero-order valence-electron chi connectivity index (χ0n) is 10.1. The van der Waals surface area contributed by atoms with E-state index in [1.54, 1.807) is 0 Å². The van der Waals surface area contributed by atoms with Crippen molar-refractivity contribution in [3.8, 4) is 0 Å². The molecule has 1 aliphatic heterocycles. The maximum atomic E-state index is 5.93. The number of hydrogen-bond donors (Lipinski definition) is 2. The molecule has 4 nitrogen and oxygen atoms in total. The SMILES string of the molecule is Nc1nc2ccccc2nc1NCC1CCSC1. The number of anilines is 2. The molecule has 2 heterocycles. The van der Waals surface area contributed by atoms with Gasteiger partial charge in [0.1, 0.15) is 0 Å². The molecule has 1 fully saturated rings. The van der Waals surface area contributed by atoms with Gasteiger partial charge in [-0.15, -0.1) is 0 Å². The van der Waals surface area contributed by atoms with Gasteiger partial charge in [-0.1, -0.05) is 12.1 Å². The summed E-state index contributed by atoms with van der Waals surface area (Å²) < 4.78 is 0. The highest BCUT2D eigenvalue weighted by Crippen LogP contribution is 2.24. The van der Waals surface area contributed by atoms with Crippen molar-refractivity contribution in [1.82, 2.24) is 9.97 Å². The van der Waals surface area contributed by atoms with Crippen LogP contribution in [-0.2, 0) is 0 Å². The lowest BCUT2D eigenvalue weighted by Gasteiger charge is -2.12. The van der Waals surface area contributed by atoms with E-state index in [4.69, 9.17) is 5.73 Å². The van der Waals surface area contributed by atoms with E-state index in [9.17, 15) is 0 Å². The molecular weight excluding hydrogens is 244 g/mol. The van der Waals surface area contributed by atoms with E-state index < -0.39 is 0 Å². The van der Waals surface area contributed by atoms with E-state index >= 15 is 0 Å². The van der Waals surface area contributed by atoms with Gasteiger partial charge in [-0.2, -0.15) is 11.8 Å². The Labute approximate surface area is 110 Å². The number of nitrogens with zero attached hydrogens (tertiary/aromatic N) is 2. The Hall–Kier alpha value is -1.49. The molecule has 1 saturated heterocycles. The standard InChI is InChI=1S/C13H16N4S/c14-12-13(15-7-9-5-6-18-8-9)17-11-4-2-1-3-10(11)16-12/h1-4,9H,5-8H2,(H2,14,16)(H,15,17). The second kappa shape index (κ2) is 5.02. The van der Waals surface area contributed by atoms with Gasteiger partial charge in [0.05, 0.1) is 11.0 Å². The number of hydrogen-bond acceptors (Lipinski definition) is 5. The van der Waals surface area contributed by atoms with Crippen molar-refractivity contribution in [2.24, 2.45) is 5.92 Å². The van der Waals surface area contributed by atoms with Crippen LogP contribution in [0.2, 0.25) is 0 Å². The van der Waals surface area contributed by atoms with Gasteiger partial charge >= 0.3 is 0 Å². The van der Waals surface area contributed by atoms with Gasteiger partial charge in [-0.25, -0.2) is 9.97 Å². The number of benzene rings is 1. The lowest BCUT2D eigenvalue weighted by Crippen LogP contribution is -2.15. The minimum Gasteiger partial charge on any atom is -0.381 e.